The van der Waals surface area contributed by atoms with Gasteiger partial charge in [0.05, 0.1) is 24.8 Å². The van der Waals surface area contributed by atoms with Crippen molar-refractivity contribution in [1.82, 2.24) is 40.7 Å². The summed E-state index contributed by atoms with van der Waals surface area (Å²) in [5.74, 6) is 1.31. The van der Waals surface area contributed by atoms with Gasteiger partial charge in [0.2, 0.25) is 5.82 Å². The molecule has 1 aromatic carbocycles. The third kappa shape index (κ3) is 3.91. The Morgan fingerprint density at radius 1 is 1.14 bits per heavy atom. The number of anilines is 1. The number of phenols is 1. The number of tetrazole rings is 1. The number of benzene rings is 1. The highest BCUT2D eigenvalue weighted by atomic mass is 19.1. The van der Waals surface area contributed by atoms with Gasteiger partial charge < -0.3 is 15.3 Å². The monoisotopic (exact) mass is 479 g/mol. The number of hydrogen-bond donors (Lipinski definition) is 2. The fourth-order valence-electron chi connectivity index (χ4n) is 6.00. The molecule has 35 heavy (non-hydrogen) atoms. The Morgan fingerprint density at radius 3 is 2.63 bits per heavy atom. The Balaban J connectivity index is 1.28. The van der Waals surface area contributed by atoms with Crippen LogP contribution in [0.5, 0.6) is 5.75 Å². The smallest absolute Gasteiger partial charge is 0.205 e. The first kappa shape index (κ1) is 22.3. The van der Waals surface area contributed by atoms with Gasteiger partial charge in [0.25, 0.3) is 0 Å². The fourth-order valence-corrected chi connectivity index (χ4v) is 6.00. The Bertz CT molecular complexity index is 1250. The highest BCUT2D eigenvalue weighted by Crippen LogP contribution is 2.46. The SMILES string of the molecule is Cn1nnc(-c2ccc(-c3ncc(N(C4CC4)[C@@H]4C[C@@]5(C)CCC[C@](C)(N5)[C@@H]4F)nn3)c(O)c2)n1. The summed E-state index contributed by atoms with van der Waals surface area (Å²) < 4.78 is 16.0. The maximum atomic E-state index is 16.0. The van der Waals surface area contributed by atoms with Gasteiger partial charge in [-0.15, -0.1) is 20.4 Å². The van der Waals surface area contributed by atoms with E-state index in [0.29, 0.717) is 28.6 Å². The normalized spacial score (nSPS) is 30.3. The second-order valence-corrected chi connectivity index (χ2v) is 10.7. The molecule has 4 atom stereocenters. The molecule has 10 nitrogen and oxygen atoms in total. The number of phenolic OH excluding ortho intramolecular Hbond substituents is 1. The van der Waals surface area contributed by atoms with Crippen LogP contribution >= 0.6 is 0 Å². The number of aromatic nitrogens is 7. The molecule has 1 aliphatic carbocycles. The summed E-state index contributed by atoms with van der Waals surface area (Å²) in [6, 6.07) is 5.04. The van der Waals surface area contributed by atoms with Crippen LogP contribution in [0.3, 0.4) is 0 Å². The average molecular weight is 480 g/mol. The van der Waals surface area contributed by atoms with E-state index < -0.39 is 11.7 Å². The van der Waals surface area contributed by atoms with Crippen LogP contribution in [0.15, 0.2) is 24.4 Å². The molecule has 3 aromatic rings. The number of halogens is 1. The minimum Gasteiger partial charge on any atom is -0.507 e. The van der Waals surface area contributed by atoms with Gasteiger partial charge in [-0.25, -0.2) is 9.37 Å². The molecule has 3 fully saturated rings. The van der Waals surface area contributed by atoms with Gasteiger partial charge in [-0.1, -0.05) is 6.07 Å². The summed E-state index contributed by atoms with van der Waals surface area (Å²) in [4.78, 5) is 7.99. The molecule has 0 amide bonds. The van der Waals surface area contributed by atoms with E-state index in [2.05, 4.69) is 47.7 Å². The zero-order valence-electron chi connectivity index (χ0n) is 20.2. The van der Waals surface area contributed by atoms with Crippen molar-refractivity contribution in [2.24, 2.45) is 7.05 Å². The van der Waals surface area contributed by atoms with Crippen LogP contribution in [-0.4, -0.2) is 69.8 Å². The number of rotatable bonds is 5. The van der Waals surface area contributed by atoms with E-state index in [4.69, 9.17) is 0 Å². The number of nitrogens with one attached hydrogen (secondary N) is 1. The van der Waals surface area contributed by atoms with Crippen LogP contribution < -0.4 is 10.2 Å². The molecular formula is C24H30FN9O. The lowest BCUT2D eigenvalue weighted by molar-refractivity contribution is 0.000258. The summed E-state index contributed by atoms with van der Waals surface area (Å²) in [5.41, 5.74) is 0.473. The van der Waals surface area contributed by atoms with Gasteiger partial charge in [0.1, 0.15) is 11.9 Å². The zero-order valence-corrected chi connectivity index (χ0v) is 20.2. The Morgan fingerprint density at radius 2 is 1.97 bits per heavy atom. The molecule has 0 radical (unpaired) electrons. The standard InChI is InChI=1S/C24H30FN9O/c1-23-9-4-10-24(2,31-23)20(25)17(12-23)34(15-6-7-15)19-13-26-22(28-27-19)16-8-5-14(11-18(16)35)21-29-32-33(3)30-21/h5,8,11,13,15,17,20,31,35H,4,6-7,9-10,12H2,1-3H3/t17-,20-,23-,24+/m1/s1. The van der Waals surface area contributed by atoms with E-state index in [1.807, 2.05) is 6.92 Å². The van der Waals surface area contributed by atoms with Gasteiger partial charge in [-0.3, -0.25) is 0 Å². The summed E-state index contributed by atoms with van der Waals surface area (Å²) in [6.07, 6.45) is 6.34. The number of aromatic hydroxyl groups is 1. The van der Waals surface area contributed by atoms with Crippen molar-refractivity contribution >= 4 is 5.82 Å². The topological polar surface area (TPSA) is 118 Å². The molecule has 2 saturated heterocycles. The summed E-state index contributed by atoms with van der Waals surface area (Å²) in [5, 5.41) is 35.0. The van der Waals surface area contributed by atoms with Crippen LogP contribution in [0.25, 0.3) is 22.8 Å². The van der Waals surface area contributed by atoms with Crippen molar-refractivity contribution in [1.29, 1.82) is 0 Å². The van der Waals surface area contributed by atoms with Crippen LogP contribution in [0.4, 0.5) is 10.2 Å². The van der Waals surface area contributed by atoms with Crippen LogP contribution in [0.2, 0.25) is 0 Å². The highest BCUT2D eigenvalue weighted by molar-refractivity contribution is 5.70. The van der Waals surface area contributed by atoms with E-state index >= 15 is 4.39 Å². The lowest BCUT2D eigenvalue weighted by Gasteiger charge is -2.57. The second-order valence-electron chi connectivity index (χ2n) is 10.7. The van der Waals surface area contributed by atoms with Gasteiger partial charge in [-0.05, 0) is 69.7 Å². The van der Waals surface area contributed by atoms with Crippen LogP contribution in [0, 0.1) is 0 Å². The predicted molar refractivity (Wildman–Crippen MR) is 127 cm³/mol. The lowest BCUT2D eigenvalue weighted by Crippen LogP contribution is -2.73. The van der Waals surface area contributed by atoms with E-state index in [1.165, 1.54) is 4.80 Å². The van der Waals surface area contributed by atoms with Crippen molar-refractivity contribution in [3.05, 3.63) is 24.4 Å². The van der Waals surface area contributed by atoms with E-state index in [9.17, 15) is 5.11 Å². The van der Waals surface area contributed by atoms with E-state index in [0.717, 1.165) is 38.5 Å². The van der Waals surface area contributed by atoms with Gasteiger partial charge >= 0.3 is 0 Å². The maximum absolute atomic E-state index is 16.0. The number of nitrogens with zero attached hydrogens (tertiary/aromatic N) is 8. The Labute approximate surface area is 203 Å². The first-order valence-corrected chi connectivity index (χ1v) is 12.2. The number of piperidine rings is 2. The third-order valence-corrected chi connectivity index (χ3v) is 7.73. The molecule has 6 rings (SSSR count). The van der Waals surface area contributed by atoms with Crippen molar-refractivity contribution in [3.63, 3.8) is 0 Å². The van der Waals surface area contributed by atoms with Crippen LogP contribution in [0.1, 0.15) is 52.4 Å². The van der Waals surface area contributed by atoms with Gasteiger partial charge in [0.15, 0.2) is 11.6 Å². The number of hydrogen-bond acceptors (Lipinski definition) is 9. The van der Waals surface area contributed by atoms with Crippen molar-refractivity contribution < 1.29 is 9.50 Å². The number of fused-ring (bicyclic) bond motifs is 2. The molecule has 0 unspecified atom stereocenters. The molecule has 11 heteroatoms. The quantitative estimate of drug-likeness (QED) is 0.569. The third-order valence-electron chi connectivity index (χ3n) is 7.73. The number of aryl methyl sites for hydroxylation is 1. The molecule has 3 aliphatic rings. The zero-order chi connectivity index (χ0) is 24.4. The largest absolute Gasteiger partial charge is 0.507 e. The van der Waals surface area contributed by atoms with E-state index in [1.54, 1.807) is 31.4 Å². The van der Waals surface area contributed by atoms with Crippen molar-refractivity contribution in [2.75, 3.05) is 4.90 Å². The lowest BCUT2D eigenvalue weighted by atomic mass is 9.68. The minimum atomic E-state index is -1.01. The van der Waals surface area contributed by atoms with Crippen LogP contribution in [-0.2, 0) is 7.05 Å². The molecule has 0 spiro atoms. The molecule has 4 heterocycles. The number of alkyl halides is 1. The molecule has 2 bridgehead atoms. The summed E-state index contributed by atoms with van der Waals surface area (Å²) >= 11 is 0. The molecule has 2 N–H and O–H groups in total. The molecule has 2 aromatic heterocycles. The Kier molecular flexibility index (Phi) is 5.03. The second kappa shape index (κ2) is 7.91. The highest BCUT2D eigenvalue weighted by Gasteiger charge is 2.55. The first-order chi connectivity index (χ1) is 16.7. The predicted octanol–water partition coefficient (Wildman–Crippen LogP) is 2.80. The maximum Gasteiger partial charge on any atom is 0.205 e. The van der Waals surface area contributed by atoms with E-state index in [-0.39, 0.29) is 23.4 Å². The van der Waals surface area contributed by atoms with Gasteiger partial charge in [-0.2, -0.15) is 4.80 Å². The minimum absolute atomic E-state index is 0.000552. The first-order valence-electron chi connectivity index (χ1n) is 12.2. The summed E-state index contributed by atoms with van der Waals surface area (Å²) in [7, 11) is 1.68. The van der Waals surface area contributed by atoms with Gasteiger partial charge in [0, 0.05) is 22.7 Å². The summed E-state index contributed by atoms with van der Waals surface area (Å²) in [6.45, 7) is 4.23. The van der Waals surface area contributed by atoms with Crippen molar-refractivity contribution in [2.45, 2.75) is 81.7 Å². The molecule has 2 aliphatic heterocycles. The fraction of sp³-hybridized carbons (Fsp3) is 0.583. The Hall–Kier alpha value is -3.21. The molecule has 184 valence electrons. The van der Waals surface area contributed by atoms with Crippen molar-refractivity contribution in [3.8, 4) is 28.5 Å². The molecule has 1 saturated carbocycles. The molecular weight excluding hydrogens is 449 g/mol. The average Bonchev–Trinajstić information content (AvgIpc) is 3.56.